The van der Waals surface area contributed by atoms with Crippen LogP contribution in [0, 0.1) is 0 Å². The average molecular weight is 375 g/mol. The fraction of sp³-hybridized carbons (Fsp3) is 0.400. The molecular formula is C20H20F3N3O. The van der Waals surface area contributed by atoms with Crippen LogP contribution in [0.5, 0.6) is 0 Å². The molecule has 4 rings (SSSR count). The zero-order valence-electron chi connectivity index (χ0n) is 14.7. The molecule has 1 aromatic heterocycles. The van der Waals surface area contributed by atoms with Gasteiger partial charge in [-0.05, 0) is 37.0 Å². The molecular weight excluding hydrogens is 355 g/mol. The molecule has 1 aromatic carbocycles. The van der Waals surface area contributed by atoms with Crippen molar-refractivity contribution >= 4 is 11.7 Å². The number of alkyl halides is 3. The van der Waals surface area contributed by atoms with E-state index in [0.29, 0.717) is 31.7 Å². The van der Waals surface area contributed by atoms with Crippen molar-refractivity contribution in [3.8, 4) is 0 Å². The largest absolute Gasteiger partial charge is 0.416 e. The van der Waals surface area contributed by atoms with Gasteiger partial charge >= 0.3 is 6.18 Å². The highest BCUT2D eigenvalue weighted by atomic mass is 19.4. The van der Waals surface area contributed by atoms with Gasteiger partial charge in [-0.25, -0.2) is 4.98 Å². The van der Waals surface area contributed by atoms with Crippen molar-refractivity contribution < 1.29 is 18.0 Å². The van der Waals surface area contributed by atoms with E-state index in [4.69, 9.17) is 0 Å². The summed E-state index contributed by atoms with van der Waals surface area (Å²) in [6, 6.07) is 11.8. The van der Waals surface area contributed by atoms with Crippen molar-refractivity contribution in [3.63, 3.8) is 0 Å². The first-order valence-electron chi connectivity index (χ1n) is 9.02. The van der Waals surface area contributed by atoms with E-state index in [1.807, 2.05) is 35.2 Å². The lowest BCUT2D eigenvalue weighted by molar-refractivity contribution is -0.137. The molecule has 0 bridgehead atoms. The molecule has 2 aliphatic rings. The number of aromatic nitrogens is 1. The average Bonchev–Trinajstić information content (AvgIpc) is 2.98. The summed E-state index contributed by atoms with van der Waals surface area (Å²) in [6.45, 7) is 1.13. The molecule has 0 radical (unpaired) electrons. The normalized spacial score (nSPS) is 22.1. The zero-order chi connectivity index (χ0) is 19.1. The molecule has 27 heavy (non-hydrogen) atoms. The first-order valence-corrected chi connectivity index (χ1v) is 9.02. The Labute approximate surface area is 155 Å². The maximum absolute atomic E-state index is 12.9. The Hall–Kier alpha value is -2.57. The van der Waals surface area contributed by atoms with Crippen LogP contribution >= 0.6 is 0 Å². The summed E-state index contributed by atoms with van der Waals surface area (Å²) in [6.07, 6.45) is -1.07. The lowest BCUT2D eigenvalue weighted by Gasteiger charge is -2.40. The molecule has 0 aliphatic carbocycles. The minimum absolute atomic E-state index is 0.0341. The van der Waals surface area contributed by atoms with Gasteiger partial charge in [-0.1, -0.05) is 30.3 Å². The van der Waals surface area contributed by atoms with Crippen molar-refractivity contribution in [3.05, 3.63) is 59.8 Å². The molecule has 0 unspecified atom stereocenters. The summed E-state index contributed by atoms with van der Waals surface area (Å²) < 4.78 is 38.8. The van der Waals surface area contributed by atoms with Crippen LogP contribution in [0.3, 0.4) is 0 Å². The fourth-order valence-electron chi connectivity index (χ4n) is 4.10. The van der Waals surface area contributed by atoms with E-state index >= 15 is 0 Å². The number of hydrogen-bond acceptors (Lipinski definition) is 3. The number of halogens is 3. The monoisotopic (exact) mass is 375 g/mol. The summed E-state index contributed by atoms with van der Waals surface area (Å²) >= 11 is 0. The number of carbonyl (C=O) groups excluding carboxylic acids is 1. The molecule has 2 aromatic rings. The molecule has 0 saturated carbocycles. The fourth-order valence-corrected chi connectivity index (χ4v) is 4.10. The van der Waals surface area contributed by atoms with E-state index in [0.717, 1.165) is 24.1 Å². The summed E-state index contributed by atoms with van der Waals surface area (Å²) in [5, 5.41) is 3.16. The van der Waals surface area contributed by atoms with Crippen molar-refractivity contribution in [1.29, 1.82) is 0 Å². The van der Waals surface area contributed by atoms with E-state index in [-0.39, 0.29) is 17.4 Å². The molecule has 2 fully saturated rings. The minimum Gasteiger partial charge on any atom is -0.356 e. The summed E-state index contributed by atoms with van der Waals surface area (Å²) in [5.74, 6) is 0.208. The van der Waals surface area contributed by atoms with Gasteiger partial charge in [-0.2, -0.15) is 13.2 Å². The molecule has 4 nitrogen and oxygen atoms in total. The standard InChI is InChI=1S/C20H20F3N3O/c21-20(22,23)15-6-9-24-17(12-15)26-10-7-19(8-11-26)13-16(18(27)25-19)14-4-2-1-3-5-14/h1-6,9,12,16H,7-8,10-11,13H2,(H,25,27)/t16-/m1/s1. The Morgan fingerprint density at radius 3 is 2.48 bits per heavy atom. The topological polar surface area (TPSA) is 45.2 Å². The van der Waals surface area contributed by atoms with Crippen molar-refractivity contribution in [1.82, 2.24) is 10.3 Å². The van der Waals surface area contributed by atoms with E-state index in [9.17, 15) is 18.0 Å². The molecule has 142 valence electrons. The quantitative estimate of drug-likeness (QED) is 0.870. The van der Waals surface area contributed by atoms with E-state index in [1.54, 1.807) is 0 Å². The Kier molecular flexibility index (Phi) is 4.32. The number of nitrogens with zero attached hydrogens (tertiary/aromatic N) is 2. The second-order valence-electron chi connectivity index (χ2n) is 7.32. The van der Waals surface area contributed by atoms with Crippen molar-refractivity contribution in [2.75, 3.05) is 18.0 Å². The van der Waals surface area contributed by atoms with Crippen LogP contribution in [0.25, 0.3) is 0 Å². The number of hydrogen-bond donors (Lipinski definition) is 1. The zero-order valence-corrected chi connectivity index (χ0v) is 14.7. The number of amides is 1. The van der Waals surface area contributed by atoms with Gasteiger partial charge < -0.3 is 10.2 Å². The summed E-state index contributed by atoms with van der Waals surface area (Å²) in [5.41, 5.74) is 0.0374. The number of piperidine rings is 1. The number of pyridine rings is 1. The Bertz CT molecular complexity index is 830. The van der Waals surface area contributed by atoms with Gasteiger partial charge in [0.25, 0.3) is 0 Å². The van der Waals surface area contributed by atoms with E-state index in [2.05, 4.69) is 10.3 Å². The molecule has 1 N–H and O–H groups in total. The molecule has 2 aliphatic heterocycles. The maximum atomic E-state index is 12.9. The van der Waals surface area contributed by atoms with Crippen LogP contribution in [-0.4, -0.2) is 29.5 Å². The molecule has 1 spiro atoms. The van der Waals surface area contributed by atoms with Gasteiger partial charge in [0.2, 0.25) is 5.91 Å². The van der Waals surface area contributed by atoms with E-state index in [1.165, 1.54) is 6.20 Å². The highest BCUT2D eigenvalue weighted by Gasteiger charge is 2.46. The Balaban J connectivity index is 1.46. The molecule has 3 heterocycles. The number of benzene rings is 1. The third kappa shape index (κ3) is 3.50. The minimum atomic E-state index is -4.38. The Morgan fingerprint density at radius 2 is 1.81 bits per heavy atom. The van der Waals surface area contributed by atoms with Gasteiger partial charge in [0.1, 0.15) is 5.82 Å². The SMILES string of the molecule is O=C1NC2(CCN(c3cc(C(F)(F)F)ccn3)CC2)C[C@@H]1c1ccccc1. The van der Waals surface area contributed by atoms with Crippen LogP contribution in [0.1, 0.15) is 36.3 Å². The number of anilines is 1. The third-order valence-electron chi connectivity index (χ3n) is 5.62. The predicted octanol–water partition coefficient (Wildman–Crippen LogP) is 3.74. The first-order chi connectivity index (χ1) is 12.9. The number of nitrogens with one attached hydrogen (secondary N) is 1. The van der Waals surface area contributed by atoms with Gasteiger partial charge in [0, 0.05) is 24.8 Å². The molecule has 7 heteroatoms. The van der Waals surface area contributed by atoms with Crippen LogP contribution in [0.15, 0.2) is 48.7 Å². The third-order valence-corrected chi connectivity index (χ3v) is 5.62. The molecule has 1 amide bonds. The van der Waals surface area contributed by atoms with Gasteiger partial charge in [-0.15, -0.1) is 0 Å². The van der Waals surface area contributed by atoms with Gasteiger partial charge in [-0.3, -0.25) is 4.79 Å². The number of carbonyl (C=O) groups is 1. The maximum Gasteiger partial charge on any atom is 0.416 e. The molecule has 1 atom stereocenters. The second kappa shape index (κ2) is 6.55. The highest BCUT2D eigenvalue weighted by molar-refractivity contribution is 5.87. The van der Waals surface area contributed by atoms with Gasteiger partial charge in [0.15, 0.2) is 0 Å². The van der Waals surface area contributed by atoms with Crippen LogP contribution in [0.2, 0.25) is 0 Å². The lowest BCUT2D eigenvalue weighted by atomic mass is 9.82. The lowest BCUT2D eigenvalue weighted by Crippen LogP contribution is -2.51. The molecule has 2 saturated heterocycles. The van der Waals surface area contributed by atoms with Crippen LogP contribution < -0.4 is 10.2 Å². The van der Waals surface area contributed by atoms with Crippen molar-refractivity contribution in [2.24, 2.45) is 0 Å². The summed E-state index contributed by atoms with van der Waals surface area (Å²) in [4.78, 5) is 18.5. The second-order valence-corrected chi connectivity index (χ2v) is 7.32. The van der Waals surface area contributed by atoms with Gasteiger partial charge in [0.05, 0.1) is 11.5 Å². The van der Waals surface area contributed by atoms with Crippen LogP contribution in [0.4, 0.5) is 19.0 Å². The first kappa shape index (κ1) is 17.8. The van der Waals surface area contributed by atoms with Crippen molar-refractivity contribution in [2.45, 2.75) is 36.9 Å². The number of rotatable bonds is 2. The smallest absolute Gasteiger partial charge is 0.356 e. The summed E-state index contributed by atoms with van der Waals surface area (Å²) in [7, 11) is 0. The predicted molar refractivity (Wildman–Crippen MR) is 95.4 cm³/mol. The Morgan fingerprint density at radius 1 is 1.11 bits per heavy atom. The van der Waals surface area contributed by atoms with Crippen LogP contribution in [-0.2, 0) is 11.0 Å². The highest BCUT2D eigenvalue weighted by Crippen LogP contribution is 2.40. The van der Waals surface area contributed by atoms with E-state index < -0.39 is 11.7 Å².